The van der Waals surface area contributed by atoms with Crippen molar-refractivity contribution < 1.29 is 4.79 Å². The van der Waals surface area contributed by atoms with Crippen LogP contribution in [0.15, 0.2) is 42.6 Å². The first-order valence-corrected chi connectivity index (χ1v) is 4.87. The van der Waals surface area contributed by atoms with Gasteiger partial charge in [-0.2, -0.15) is 0 Å². The summed E-state index contributed by atoms with van der Waals surface area (Å²) in [5, 5.41) is 0. The van der Waals surface area contributed by atoms with Crippen LogP contribution in [-0.4, -0.2) is 17.9 Å². The van der Waals surface area contributed by atoms with Gasteiger partial charge in [-0.1, -0.05) is 36.4 Å². The maximum Gasteiger partial charge on any atom is 0.221 e. The zero-order chi connectivity index (χ0) is 11.1. The highest BCUT2D eigenvalue weighted by Gasteiger charge is 1.94. The van der Waals surface area contributed by atoms with Gasteiger partial charge in [-0.05, 0) is 11.8 Å². The van der Waals surface area contributed by atoms with Crippen molar-refractivity contribution in [2.24, 2.45) is 5.73 Å². The number of rotatable bonds is 5. The molecule has 0 saturated heterocycles. The Hall–Kier alpha value is -1.77. The van der Waals surface area contributed by atoms with E-state index in [0.29, 0.717) is 6.42 Å². The summed E-state index contributed by atoms with van der Waals surface area (Å²) in [6, 6.07) is 10.1. The number of amides is 1. The molecule has 0 unspecified atom stereocenters. The Morgan fingerprint density at radius 3 is 2.67 bits per heavy atom. The lowest BCUT2D eigenvalue weighted by molar-refractivity contribution is -0.117. The van der Waals surface area contributed by atoms with Crippen LogP contribution in [0.3, 0.4) is 0 Å². The molecular weight excluding hydrogens is 188 g/mol. The third-order valence-electron chi connectivity index (χ3n) is 1.95. The van der Waals surface area contributed by atoms with Crippen LogP contribution in [-0.2, 0) is 11.3 Å². The number of carbonyl (C=O) groups excluding carboxylic acids is 1. The molecule has 0 aliphatic rings. The average Bonchev–Trinajstić information content (AvgIpc) is 2.18. The number of hydrogen-bond acceptors (Lipinski definition) is 2. The lowest BCUT2D eigenvalue weighted by Gasteiger charge is -2.13. The monoisotopic (exact) mass is 204 g/mol. The fraction of sp³-hybridized carbons (Fsp3) is 0.250. The molecule has 0 heterocycles. The lowest BCUT2D eigenvalue weighted by Crippen LogP contribution is -2.11. The molecule has 1 amide bonds. The van der Waals surface area contributed by atoms with E-state index in [1.54, 1.807) is 6.08 Å². The molecule has 3 heteroatoms. The van der Waals surface area contributed by atoms with Crippen molar-refractivity contribution in [3.05, 3.63) is 48.2 Å². The van der Waals surface area contributed by atoms with Crippen LogP contribution in [0, 0.1) is 0 Å². The average molecular weight is 204 g/mol. The fourth-order valence-corrected chi connectivity index (χ4v) is 1.27. The summed E-state index contributed by atoms with van der Waals surface area (Å²) >= 11 is 0. The van der Waals surface area contributed by atoms with E-state index in [4.69, 9.17) is 5.73 Å². The minimum Gasteiger partial charge on any atom is -0.376 e. The molecule has 0 aliphatic heterocycles. The molecule has 2 N–H and O–H groups in total. The number of hydrogen-bond donors (Lipinski definition) is 1. The van der Waals surface area contributed by atoms with E-state index in [-0.39, 0.29) is 5.91 Å². The number of benzene rings is 1. The van der Waals surface area contributed by atoms with E-state index >= 15 is 0 Å². The molecule has 0 spiro atoms. The maximum atomic E-state index is 10.5. The van der Waals surface area contributed by atoms with Crippen molar-refractivity contribution in [2.45, 2.75) is 13.0 Å². The Morgan fingerprint density at radius 1 is 1.40 bits per heavy atom. The Balaban J connectivity index is 2.39. The maximum absolute atomic E-state index is 10.5. The normalized spacial score (nSPS) is 10.5. The molecule has 15 heavy (non-hydrogen) atoms. The molecule has 0 aliphatic carbocycles. The zero-order valence-corrected chi connectivity index (χ0v) is 8.89. The van der Waals surface area contributed by atoms with Gasteiger partial charge < -0.3 is 10.6 Å². The molecule has 0 saturated carbocycles. The van der Waals surface area contributed by atoms with Crippen molar-refractivity contribution in [3.63, 3.8) is 0 Å². The van der Waals surface area contributed by atoms with E-state index in [2.05, 4.69) is 12.1 Å². The lowest BCUT2D eigenvalue weighted by atomic mass is 10.2. The van der Waals surface area contributed by atoms with Gasteiger partial charge in [-0.15, -0.1) is 0 Å². The SMILES string of the molecule is CN(C=CCC(N)=O)Cc1ccccc1. The zero-order valence-electron chi connectivity index (χ0n) is 8.89. The summed E-state index contributed by atoms with van der Waals surface area (Å²) < 4.78 is 0. The Bertz CT molecular complexity index is 333. The molecule has 1 aromatic carbocycles. The first-order valence-electron chi connectivity index (χ1n) is 4.87. The molecule has 1 rings (SSSR count). The molecule has 0 fully saturated rings. The van der Waals surface area contributed by atoms with Crippen LogP contribution >= 0.6 is 0 Å². The van der Waals surface area contributed by atoms with Crippen molar-refractivity contribution in [2.75, 3.05) is 7.05 Å². The predicted octanol–water partition coefficient (Wildman–Crippen LogP) is 1.51. The molecule has 0 atom stereocenters. The van der Waals surface area contributed by atoms with E-state index < -0.39 is 0 Å². The number of nitrogens with two attached hydrogens (primary N) is 1. The number of carbonyl (C=O) groups is 1. The molecule has 3 nitrogen and oxygen atoms in total. The summed E-state index contributed by atoms with van der Waals surface area (Å²) in [5.74, 6) is -0.306. The van der Waals surface area contributed by atoms with Gasteiger partial charge in [0, 0.05) is 20.0 Å². The van der Waals surface area contributed by atoms with E-state index in [9.17, 15) is 4.79 Å². The van der Waals surface area contributed by atoms with Crippen LogP contribution in [0.5, 0.6) is 0 Å². The highest BCUT2D eigenvalue weighted by atomic mass is 16.1. The minimum atomic E-state index is -0.306. The van der Waals surface area contributed by atoms with Crippen molar-refractivity contribution >= 4 is 5.91 Å². The molecule has 1 aromatic rings. The van der Waals surface area contributed by atoms with E-state index in [0.717, 1.165) is 6.54 Å². The Morgan fingerprint density at radius 2 is 2.07 bits per heavy atom. The topological polar surface area (TPSA) is 46.3 Å². The molecule has 0 bridgehead atoms. The summed E-state index contributed by atoms with van der Waals surface area (Å²) in [4.78, 5) is 12.5. The summed E-state index contributed by atoms with van der Waals surface area (Å²) in [7, 11) is 1.96. The predicted molar refractivity (Wildman–Crippen MR) is 60.9 cm³/mol. The van der Waals surface area contributed by atoms with Crippen LogP contribution in [0.4, 0.5) is 0 Å². The minimum absolute atomic E-state index is 0.291. The fourth-order valence-electron chi connectivity index (χ4n) is 1.27. The molecule has 80 valence electrons. The summed E-state index contributed by atoms with van der Waals surface area (Å²) in [5.41, 5.74) is 6.26. The quantitative estimate of drug-likeness (QED) is 0.790. The summed E-state index contributed by atoms with van der Waals surface area (Å²) in [6.07, 6.45) is 3.93. The van der Waals surface area contributed by atoms with Gasteiger partial charge in [0.1, 0.15) is 0 Å². The van der Waals surface area contributed by atoms with Gasteiger partial charge in [0.25, 0.3) is 0 Å². The second kappa shape index (κ2) is 5.86. The third kappa shape index (κ3) is 4.86. The van der Waals surface area contributed by atoms with Crippen molar-refractivity contribution in [3.8, 4) is 0 Å². The molecular formula is C12H16N2O. The largest absolute Gasteiger partial charge is 0.376 e. The van der Waals surface area contributed by atoms with Gasteiger partial charge in [0.15, 0.2) is 0 Å². The second-order valence-corrected chi connectivity index (χ2v) is 3.46. The first kappa shape index (κ1) is 11.3. The number of nitrogens with zero attached hydrogens (tertiary/aromatic N) is 1. The standard InChI is InChI=1S/C12H16N2O/c1-14(9-5-8-12(13)15)10-11-6-3-2-4-7-11/h2-7,9H,8,10H2,1H3,(H2,13,15). The first-order chi connectivity index (χ1) is 7.18. The third-order valence-corrected chi connectivity index (χ3v) is 1.95. The molecule has 0 radical (unpaired) electrons. The van der Waals surface area contributed by atoms with Gasteiger partial charge >= 0.3 is 0 Å². The van der Waals surface area contributed by atoms with Crippen LogP contribution in [0.25, 0.3) is 0 Å². The van der Waals surface area contributed by atoms with Crippen LogP contribution < -0.4 is 5.73 Å². The van der Waals surface area contributed by atoms with Gasteiger partial charge in [0.2, 0.25) is 5.91 Å². The Kier molecular flexibility index (Phi) is 4.41. The van der Waals surface area contributed by atoms with Crippen molar-refractivity contribution in [1.82, 2.24) is 4.90 Å². The van der Waals surface area contributed by atoms with Crippen LogP contribution in [0.1, 0.15) is 12.0 Å². The molecule has 0 aromatic heterocycles. The number of primary amides is 1. The highest BCUT2D eigenvalue weighted by Crippen LogP contribution is 2.02. The smallest absolute Gasteiger partial charge is 0.221 e. The van der Waals surface area contributed by atoms with Gasteiger partial charge in [-0.3, -0.25) is 4.79 Å². The van der Waals surface area contributed by atoms with Crippen LogP contribution in [0.2, 0.25) is 0 Å². The second-order valence-electron chi connectivity index (χ2n) is 3.46. The summed E-state index contributed by atoms with van der Waals surface area (Å²) in [6.45, 7) is 0.829. The Labute approximate surface area is 90.2 Å². The van der Waals surface area contributed by atoms with Crippen molar-refractivity contribution in [1.29, 1.82) is 0 Å². The van der Waals surface area contributed by atoms with Gasteiger partial charge in [0.05, 0.1) is 0 Å². The highest BCUT2D eigenvalue weighted by molar-refractivity contribution is 5.75. The van der Waals surface area contributed by atoms with Gasteiger partial charge in [-0.25, -0.2) is 0 Å². The van der Waals surface area contributed by atoms with E-state index in [1.807, 2.05) is 36.3 Å². The van der Waals surface area contributed by atoms with E-state index in [1.165, 1.54) is 5.56 Å².